The summed E-state index contributed by atoms with van der Waals surface area (Å²) in [7, 11) is 0. The van der Waals surface area contributed by atoms with Crippen molar-refractivity contribution >= 4 is 28.8 Å². The molecule has 0 unspecified atom stereocenters. The van der Waals surface area contributed by atoms with E-state index in [2.05, 4.69) is 15.6 Å². The zero-order valence-corrected chi connectivity index (χ0v) is 18.8. The summed E-state index contributed by atoms with van der Waals surface area (Å²) in [6.45, 7) is 5.82. The van der Waals surface area contributed by atoms with Crippen LogP contribution in [-0.2, 0) is 11.4 Å². The summed E-state index contributed by atoms with van der Waals surface area (Å²) in [5.41, 5.74) is 2.77. The first-order chi connectivity index (χ1) is 15.8. The lowest BCUT2D eigenvalue weighted by Gasteiger charge is -2.18. The van der Waals surface area contributed by atoms with E-state index in [0.717, 1.165) is 11.3 Å². The maximum Gasteiger partial charge on any atom is 0.255 e. The number of imidazole rings is 1. The SMILES string of the molecule is CC(C)(C)C(=O)Nc1cccc(C(=O)Nc2cccc(OCc3cn4ccccc4n3)c2)c1. The van der Waals surface area contributed by atoms with Crippen LogP contribution in [0.3, 0.4) is 0 Å². The van der Waals surface area contributed by atoms with E-state index in [-0.39, 0.29) is 11.8 Å². The minimum atomic E-state index is -0.526. The molecule has 33 heavy (non-hydrogen) atoms. The lowest BCUT2D eigenvalue weighted by atomic mass is 9.95. The molecule has 0 aliphatic carbocycles. The first-order valence-corrected chi connectivity index (χ1v) is 10.7. The minimum absolute atomic E-state index is 0.115. The van der Waals surface area contributed by atoms with E-state index in [1.807, 2.05) is 67.9 Å². The smallest absolute Gasteiger partial charge is 0.255 e. The Kier molecular flexibility index (Phi) is 6.13. The fourth-order valence-corrected chi connectivity index (χ4v) is 3.14. The Labute approximate surface area is 192 Å². The number of carbonyl (C=O) groups is 2. The number of hydrogen-bond donors (Lipinski definition) is 2. The van der Waals surface area contributed by atoms with Crippen molar-refractivity contribution in [3.8, 4) is 5.75 Å². The fourth-order valence-electron chi connectivity index (χ4n) is 3.14. The minimum Gasteiger partial charge on any atom is -0.487 e. The van der Waals surface area contributed by atoms with E-state index in [1.54, 1.807) is 36.4 Å². The van der Waals surface area contributed by atoms with Crippen molar-refractivity contribution < 1.29 is 14.3 Å². The molecule has 4 aromatic rings. The number of anilines is 2. The number of nitrogens with zero attached hydrogens (tertiary/aromatic N) is 2. The van der Waals surface area contributed by atoms with Gasteiger partial charge in [0.1, 0.15) is 18.0 Å². The van der Waals surface area contributed by atoms with Gasteiger partial charge in [0.15, 0.2) is 0 Å². The maximum absolute atomic E-state index is 12.8. The molecular formula is C26H26N4O3. The zero-order chi connectivity index (χ0) is 23.4. The first-order valence-electron chi connectivity index (χ1n) is 10.7. The highest BCUT2D eigenvalue weighted by atomic mass is 16.5. The number of aromatic nitrogens is 2. The van der Waals surface area contributed by atoms with Crippen molar-refractivity contribution in [1.29, 1.82) is 0 Å². The van der Waals surface area contributed by atoms with Gasteiger partial charge in [-0.05, 0) is 42.5 Å². The van der Waals surface area contributed by atoms with E-state index >= 15 is 0 Å². The van der Waals surface area contributed by atoms with E-state index < -0.39 is 5.41 Å². The molecule has 0 atom stereocenters. The lowest BCUT2D eigenvalue weighted by Crippen LogP contribution is -2.27. The average molecular weight is 443 g/mol. The summed E-state index contributed by atoms with van der Waals surface area (Å²) in [6.07, 6.45) is 3.86. The van der Waals surface area contributed by atoms with Gasteiger partial charge in [0.25, 0.3) is 5.91 Å². The van der Waals surface area contributed by atoms with E-state index in [9.17, 15) is 9.59 Å². The molecule has 2 aromatic carbocycles. The van der Waals surface area contributed by atoms with Gasteiger partial charge in [0.05, 0.1) is 5.69 Å². The number of carbonyl (C=O) groups excluding carboxylic acids is 2. The normalized spacial score (nSPS) is 11.2. The Morgan fingerprint density at radius 3 is 2.45 bits per heavy atom. The van der Waals surface area contributed by atoms with Gasteiger partial charge in [0, 0.05) is 40.8 Å². The molecule has 0 spiro atoms. The third-order valence-electron chi connectivity index (χ3n) is 4.96. The van der Waals surface area contributed by atoms with Crippen LogP contribution in [0.15, 0.2) is 79.1 Å². The van der Waals surface area contributed by atoms with Crippen molar-refractivity contribution in [2.75, 3.05) is 10.6 Å². The predicted molar refractivity (Wildman–Crippen MR) is 128 cm³/mol. The van der Waals surface area contributed by atoms with E-state index in [1.165, 1.54) is 0 Å². The average Bonchev–Trinajstić information content (AvgIpc) is 3.20. The largest absolute Gasteiger partial charge is 0.487 e. The zero-order valence-electron chi connectivity index (χ0n) is 18.8. The topological polar surface area (TPSA) is 84.7 Å². The van der Waals surface area contributed by atoms with Gasteiger partial charge in [-0.2, -0.15) is 0 Å². The quantitative estimate of drug-likeness (QED) is 0.432. The van der Waals surface area contributed by atoms with Gasteiger partial charge in [-0.25, -0.2) is 4.98 Å². The molecule has 2 heterocycles. The summed E-state index contributed by atoms with van der Waals surface area (Å²) in [5, 5.41) is 5.72. The van der Waals surface area contributed by atoms with Crippen LogP contribution in [0, 0.1) is 5.41 Å². The van der Waals surface area contributed by atoms with Gasteiger partial charge >= 0.3 is 0 Å². The number of rotatable bonds is 6. The Morgan fingerprint density at radius 2 is 1.70 bits per heavy atom. The molecule has 0 aliphatic rings. The fraction of sp³-hybridized carbons (Fsp3) is 0.192. The highest BCUT2D eigenvalue weighted by Crippen LogP contribution is 2.21. The molecule has 0 saturated heterocycles. The van der Waals surface area contributed by atoms with Crippen LogP contribution in [0.1, 0.15) is 36.8 Å². The van der Waals surface area contributed by atoms with Crippen molar-refractivity contribution in [3.63, 3.8) is 0 Å². The van der Waals surface area contributed by atoms with Crippen molar-refractivity contribution in [3.05, 3.63) is 90.4 Å². The lowest BCUT2D eigenvalue weighted by molar-refractivity contribution is -0.123. The van der Waals surface area contributed by atoms with E-state index in [0.29, 0.717) is 29.3 Å². The first kappa shape index (κ1) is 22.1. The monoisotopic (exact) mass is 442 g/mol. The molecule has 7 heteroatoms. The van der Waals surface area contributed by atoms with Gasteiger partial charge in [-0.3, -0.25) is 9.59 Å². The number of pyridine rings is 1. The van der Waals surface area contributed by atoms with Crippen LogP contribution in [0.5, 0.6) is 5.75 Å². The van der Waals surface area contributed by atoms with Gasteiger partial charge in [0.2, 0.25) is 5.91 Å². The summed E-state index contributed by atoms with van der Waals surface area (Å²) in [6, 6.07) is 19.9. The van der Waals surface area contributed by atoms with Crippen LogP contribution >= 0.6 is 0 Å². The Bertz CT molecular complexity index is 1270. The number of ether oxygens (including phenoxy) is 1. The Morgan fingerprint density at radius 1 is 0.939 bits per heavy atom. The molecule has 2 N–H and O–H groups in total. The maximum atomic E-state index is 12.8. The summed E-state index contributed by atoms with van der Waals surface area (Å²) in [4.78, 5) is 29.5. The van der Waals surface area contributed by atoms with Crippen molar-refractivity contribution in [2.24, 2.45) is 5.41 Å². The molecule has 2 amide bonds. The second-order valence-electron chi connectivity index (χ2n) is 8.75. The summed E-state index contributed by atoms with van der Waals surface area (Å²) < 4.78 is 7.81. The van der Waals surface area contributed by atoms with Crippen molar-refractivity contribution in [1.82, 2.24) is 9.38 Å². The highest BCUT2D eigenvalue weighted by molar-refractivity contribution is 6.05. The number of nitrogens with one attached hydrogen (secondary N) is 2. The van der Waals surface area contributed by atoms with Crippen LogP contribution < -0.4 is 15.4 Å². The second kappa shape index (κ2) is 9.16. The van der Waals surface area contributed by atoms with Crippen LogP contribution in [-0.4, -0.2) is 21.2 Å². The molecule has 0 fully saturated rings. The molecule has 0 saturated carbocycles. The van der Waals surface area contributed by atoms with E-state index in [4.69, 9.17) is 4.74 Å². The Balaban J connectivity index is 1.40. The van der Waals surface area contributed by atoms with Crippen LogP contribution in [0.25, 0.3) is 5.65 Å². The Hall–Kier alpha value is -4.13. The molecule has 0 aliphatic heterocycles. The molecule has 4 rings (SSSR count). The van der Waals surface area contributed by atoms with Crippen molar-refractivity contribution in [2.45, 2.75) is 27.4 Å². The predicted octanol–water partition coefficient (Wildman–Crippen LogP) is 5.15. The molecular weight excluding hydrogens is 416 g/mol. The number of fused-ring (bicyclic) bond motifs is 1. The number of amides is 2. The molecule has 0 radical (unpaired) electrons. The van der Waals surface area contributed by atoms with Gasteiger partial charge in [-0.15, -0.1) is 0 Å². The van der Waals surface area contributed by atoms with Crippen LogP contribution in [0.4, 0.5) is 11.4 Å². The van der Waals surface area contributed by atoms with Crippen LogP contribution in [0.2, 0.25) is 0 Å². The van der Waals surface area contributed by atoms with Gasteiger partial charge in [-0.1, -0.05) is 39.0 Å². The molecule has 168 valence electrons. The molecule has 7 nitrogen and oxygen atoms in total. The molecule has 0 bridgehead atoms. The highest BCUT2D eigenvalue weighted by Gasteiger charge is 2.21. The molecule has 2 aromatic heterocycles. The number of hydrogen-bond acceptors (Lipinski definition) is 4. The standard InChI is InChI=1S/C26H26N4O3/c1-26(2,3)25(32)29-19-9-6-8-18(14-19)24(31)28-20-10-7-11-22(15-20)33-17-21-16-30-13-5-4-12-23(30)27-21/h4-16H,17H2,1-3H3,(H,28,31)(H,29,32). The number of benzene rings is 2. The third-order valence-corrected chi connectivity index (χ3v) is 4.96. The van der Waals surface area contributed by atoms with Gasteiger partial charge < -0.3 is 19.8 Å². The summed E-state index contributed by atoms with van der Waals surface area (Å²) in [5.74, 6) is 0.228. The summed E-state index contributed by atoms with van der Waals surface area (Å²) >= 11 is 0. The second-order valence-corrected chi connectivity index (χ2v) is 8.75. The third kappa shape index (κ3) is 5.57.